The summed E-state index contributed by atoms with van der Waals surface area (Å²) in [6.45, 7) is 6.13. The SMILES string of the molecule is Cc1ccccc1C(=O)NC(CCCl)C(C)C. The molecule has 0 aliphatic carbocycles. The van der Waals surface area contributed by atoms with Gasteiger partial charge in [0.2, 0.25) is 0 Å². The van der Waals surface area contributed by atoms with Crippen molar-refractivity contribution in [1.29, 1.82) is 0 Å². The number of carbonyl (C=O) groups excluding carboxylic acids is 1. The minimum absolute atomic E-state index is 0.00748. The lowest BCUT2D eigenvalue weighted by Gasteiger charge is -2.21. The minimum atomic E-state index is -0.00748. The highest BCUT2D eigenvalue weighted by Crippen LogP contribution is 2.11. The fourth-order valence-electron chi connectivity index (χ4n) is 1.76. The van der Waals surface area contributed by atoms with Crippen LogP contribution >= 0.6 is 11.6 Å². The summed E-state index contributed by atoms with van der Waals surface area (Å²) in [5.41, 5.74) is 1.74. The van der Waals surface area contributed by atoms with E-state index in [9.17, 15) is 4.79 Å². The molecule has 2 nitrogen and oxygen atoms in total. The maximum Gasteiger partial charge on any atom is 0.251 e. The van der Waals surface area contributed by atoms with Gasteiger partial charge in [0.15, 0.2) is 0 Å². The predicted molar refractivity (Wildman–Crippen MR) is 72.6 cm³/mol. The standard InChI is InChI=1S/C14H20ClNO/c1-10(2)13(8-9-15)16-14(17)12-7-5-4-6-11(12)3/h4-7,10,13H,8-9H2,1-3H3,(H,16,17). The fraction of sp³-hybridized carbons (Fsp3) is 0.500. The lowest BCUT2D eigenvalue weighted by molar-refractivity contribution is 0.0924. The third-order valence-electron chi connectivity index (χ3n) is 2.93. The van der Waals surface area contributed by atoms with Crippen LogP contribution in [0.5, 0.6) is 0 Å². The molecule has 1 aromatic rings. The molecule has 94 valence electrons. The number of hydrogen-bond acceptors (Lipinski definition) is 1. The van der Waals surface area contributed by atoms with Crippen LogP contribution in [-0.2, 0) is 0 Å². The van der Waals surface area contributed by atoms with Gasteiger partial charge in [-0.05, 0) is 30.9 Å². The molecular weight excluding hydrogens is 234 g/mol. The summed E-state index contributed by atoms with van der Waals surface area (Å²) in [7, 11) is 0. The van der Waals surface area contributed by atoms with Crippen molar-refractivity contribution in [1.82, 2.24) is 5.32 Å². The Hall–Kier alpha value is -1.02. The van der Waals surface area contributed by atoms with Crippen LogP contribution in [0.15, 0.2) is 24.3 Å². The summed E-state index contributed by atoms with van der Waals surface area (Å²) in [6, 6.07) is 7.75. The van der Waals surface area contributed by atoms with Gasteiger partial charge in [0.25, 0.3) is 5.91 Å². The van der Waals surface area contributed by atoms with E-state index in [-0.39, 0.29) is 11.9 Å². The fourth-order valence-corrected chi connectivity index (χ4v) is 2.00. The lowest BCUT2D eigenvalue weighted by Crippen LogP contribution is -2.39. The molecule has 1 aromatic carbocycles. The highest BCUT2D eigenvalue weighted by molar-refractivity contribution is 6.17. The van der Waals surface area contributed by atoms with E-state index in [2.05, 4.69) is 19.2 Å². The molecule has 0 saturated heterocycles. The summed E-state index contributed by atoms with van der Waals surface area (Å²) < 4.78 is 0. The first kappa shape index (κ1) is 14.0. The van der Waals surface area contributed by atoms with Gasteiger partial charge in [-0.15, -0.1) is 11.6 Å². The molecule has 1 amide bonds. The number of nitrogens with one attached hydrogen (secondary N) is 1. The van der Waals surface area contributed by atoms with Crippen molar-refractivity contribution in [2.24, 2.45) is 5.92 Å². The van der Waals surface area contributed by atoms with Crippen LogP contribution in [0.2, 0.25) is 0 Å². The Morgan fingerprint density at radius 2 is 2.00 bits per heavy atom. The zero-order chi connectivity index (χ0) is 12.8. The summed E-state index contributed by atoms with van der Waals surface area (Å²) in [5, 5.41) is 3.05. The third kappa shape index (κ3) is 4.04. The summed E-state index contributed by atoms with van der Waals surface area (Å²) in [4.78, 5) is 12.1. The topological polar surface area (TPSA) is 29.1 Å². The van der Waals surface area contributed by atoms with E-state index in [1.807, 2.05) is 31.2 Å². The molecule has 0 saturated carbocycles. The normalized spacial score (nSPS) is 12.5. The molecule has 0 bridgehead atoms. The number of alkyl halides is 1. The van der Waals surface area contributed by atoms with Gasteiger partial charge in [0.05, 0.1) is 0 Å². The van der Waals surface area contributed by atoms with Gasteiger partial charge in [0.1, 0.15) is 0 Å². The van der Waals surface area contributed by atoms with Gasteiger partial charge in [0, 0.05) is 17.5 Å². The van der Waals surface area contributed by atoms with Crippen molar-refractivity contribution < 1.29 is 4.79 Å². The highest BCUT2D eigenvalue weighted by Gasteiger charge is 2.17. The maximum absolute atomic E-state index is 12.1. The monoisotopic (exact) mass is 253 g/mol. The molecule has 3 heteroatoms. The number of amides is 1. The number of hydrogen-bond donors (Lipinski definition) is 1. The van der Waals surface area contributed by atoms with Gasteiger partial charge < -0.3 is 5.32 Å². The van der Waals surface area contributed by atoms with Crippen molar-refractivity contribution in [3.05, 3.63) is 35.4 Å². The van der Waals surface area contributed by atoms with Crippen LogP contribution in [0.25, 0.3) is 0 Å². The van der Waals surface area contributed by atoms with Gasteiger partial charge in [-0.2, -0.15) is 0 Å². The molecule has 0 spiro atoms. The first-order chi connectivity index (χ1) is 8.06. The molecule has 0 aliphatic rings. The predicted octanol–water partition coefficient (Wildman–Crippen LogP) is 3.38. The average molecular weight is 254 g/mol. The zero-order valence-corrected chi connectivity index (χ0v) is 11.4. The molecule has 17 heavy (non-hydrogen) atoms. The van der Waals surface area contributed by atoms with Gasteiger partial charge in [-0.1, -0.05) is 32.0 Å². The molecule has 0 aliphatic heterocycles. The number of carbonyl (C=O) groups is 1. The van der Waals surface area contributed by atoms with Gasteiger partial charge in [-0.25, -0.2) is 0 Å². The first-order valence-electron chi connectivity index (χ1n) is 5.98. The number of halogens is 1. The molecule has 1 rings (SSSR count). The van der Waals surface area contributed by atoms with Crippen molar-refractivity contribution in [3.8, 4) is 0 Å². The Morgan fingerprint density at radius 3 is 2.53 bits per heavy atom. The second-order valence-electron chi connectivity index (χ2n) is 4.62. The highest BCUT2D eigenvalue weighted by atomic mass is 35.5. The van der Waals surface area contributed by atoms with Gasteiger partial charge in [-0.3, -0.25) is 4.79 Å². The second kappa shape index (κ2) is 6.65. The summed E-state index contributed by atoms with van der Waals surface area (Å²) >= 11 is 5.75. The van der Waals surface area contributed by atoms with Crippen LogP contribution in [0.3, 0.4) is 0 Å². The Bertz CT molecular complexity index is 376. The largest absolute Gasteiger partial charge is 0.349 e. The van der Waals surface area contributed by atoms with Crippen molar-refractivity contribution >= 4 is 17.5 Å². The van der Waals surface area contributed by atoms with E-state index in [1.165, 1.54) is 0 Å². The number of rotatable bonds is 5. The smallest absolute Gasteiger partial charge is 0.251 e. The molecule has 0 fully saturated rings. The van der Waals surface area contributed by atoms with Crippen LogP contribution in [-0.4, -0.2) is 17.8 Å². The quantitative estimate of drug-likeness (QED) is 0.801. The van der Waals surface area contributed by atoms with Crippen LogP contribution in [0, 0.1) is 12.8 Å². The Labute approximate surface area is 108 Å². The molecule has 1 N–H and O–H groups in total. The molecule has 0 aromatic heterocycles. The molecule has 0 radical (unpaired) electrons. The molecular formula is C14H20ClNO. The number of aryl methyl sites for hydroxylation is 1. The molecule has 0 heterocycles. The Balaban J connectivity index is 2.74. The Kier molecular flexibility index (Phi) is 5.49. The molecule has 1 unspecified atom stereocenters. The van der Waals surface area contributed by atoms with Crippen LogP contribution < -0.4 is 5.32 Å². The van der Waals surface area contributed by atoms with E-state index in [1.54, 1.807) is 0 Å². The first-order valence-corrected chi connectivity index (χ1v) is 6.52. The van der Waals surface area contributed by atoms with Crippen molar-refractivity contribution in [2.75, 3.05) is 5.88 Å². The van der Waals surface area contributed by atoms with E-state index < -0.39 is 0 Å². The van der Waals surface area contributed by atoms with E-state index in [0.717, 1.165) is 17.5 Å². The minimum Gasteiger partial charge on any atom is -0.349 e. The Morgan fingerprint density at radius 1 is 1.35 bits per heavy atom. The van der Waals surface area contributed by atoms with Crippen LogP contribution in [0.4, 0.5) is 0 Å². The molecule has 1 atom stereocenters. The lowest BCUT2D eigenvalue weighted by atomic mass is 10.0. The van der Waals surface area contributed by atoms with E-state index in [4.69, 9.17) is 11.6 Å². The third-order valence-corrected chi connectivity index (χ3v) is 3.15. The second-order valence-corrected chi connectivity index (χ2v) is 4.99. The summed E-state index contributed by atoms with van der Waals surface area (Å²) in [6.07, 6.45) is 0.802. The van der Waals surface area contributed by atoms with Crippen LogP contribution in [0.1, 0.15) is 36.2 Å². The maximum atomic E-state index is 12.1. The van der Waals surface area contributed by atoms with Crippen molar-refractivity contribution in [2.45, 2.75) is 33.2 Å². The van der Waals surface area contributed by atoms with E-state index >= 15 is 0 Å². The summed E-state index contributed by atoms with van der Waals surface area (Å²) in [5.74, 6) is 0.949. The van der Waals surface area contributed by atoms with E-state index in [0.29, 0.717) is 11.8 Å². The number of benzene rings is 1. The zero-order valence-electron chi connectivity index (χ0n) is 10.7. The average Bonchev–Trinajstić information content (AvgIpc) is 2.28. The van der Waals surface area contributed by atoms with Gasteiger partial charge >= 0.3 is 0 Å². The van der Waals surface area contributed by atoms with Crippen molar-refractivity contribution in [3.63, 3.8) is 0 Å².